The van der Waals surface area contributed by atoms with E-state index in [9.17, 15) is 0 Å². The first kappa shape index (κ1) is 15.5. The van der Waals surface area contributed by atoms with Crippen molar-refractivity contribution in [3.05, 3.63) is 0 Å². The molecule has 2 rings (SSSR count). The lowest BCUT2D eigenvalue weighted by atomic mass is 10.0. The normalized spacial score (nSPS) is 35.6. The molecule has 3 nitrogen and oxygen atoms in total. The van der Waals surface area contributed by atoms with Gasteiger partial charge in [0.1, 0.15) is 0 Å². The summed E-state index contributed by atoms with van der Waals surface area (Å²) in [4.78, 5) is 2.50. The number of ether oxygens (including phenoxy) is 1. The molecule has 5 heteroatoms. The Morgan fingerprint density at radius 3 is 2.53 bits per heavy atom. The molecule has 0 saturated carbocycles. The zero-order valence-corrected chi connectivity index (χ0v) is 11.0. The van der Waals surface area contributed by atoms with Crippen molar-refractivity contribution >= 4 is 24.8 Å². The SMILES string of the molecule is CC(C)[C@@H]1CN2C[C@H](N)C[C@H]2CO1.Cl.Cl. The molecular weight excluding hydrogens is 235 g/mol. The first-order chi connectivity index (χ1) is 6.16. The van der Waals surface area contributed by atoms with Crippen molar-refractivity contribution in [1.29, 1.82) is 0 Å². The summed E-state index contributed by atoms with van der Waals surface area (Å²) in [5.41, 5.74) is 5.92. The minimum Gasteiger partial charge on any atom is -0.375 e. The fourth-order valence-electron chi connectivity index (χ4n) is 2.34. The average Bonchev–Trinajstić information content (AvgIpc) is 2.42. The Morgan fingerprint density at radius 2 is 1.93 bits per heavy atom. The number of nitrogens with two attached hydrogens (primary N) is 1. The summed E-state index contributed by atoms with van der Waals surface area (Å²) in [6.07, 6.45) is 1.53. The van der Waals surface area contributed by atoms with Gasteiger partial charge in [-0.1, -0.05) is 13.8 Å². The summed E-state index contributed by atoms with van der Waals surface area (Å²) in [6.45, 7) is 7.48. The van der Waals surface area contributed by atoms with Gasteiger partial charge < -0.3 is 10.5 Å². The van der Waals surface area contributed by atoms with Crippen molar-refractivity contribution in [3.8, 4) is 0 Å². The fourth-order valence-corrected chi connectivity index (χ4v) is 2.34. The molecule has 2 saturated heterocycles. The molecule has 0 spiro atoms. The molecule has 2 N–H and O–H groups in total. The molecule has 0 amide bonds. The van der Waals surface area contributed by atoms with E-state index in [2.05, 4.69) is 18.7 Å². The molecule has 2 aliphatic heterocycles. The molecule has 3 atom stereocenters. The molecule has 0 aromatic carbocycles. The van der Waals surface area contributed by atoms with E-state index in [0.717, 1.165) is 26.1 Å². The largest absolute Gasteiger partial charge is 0.375 e. The maximum atomic E-state index is 5.92. The standard InChI is InChI=1S/C10H20N2O.2ClH/c1-7(2)10-5-12-4-8(11)3-9(12)6-13-10;;/h7-10H,3-6,11H2,1-2H3;2*1H/t8-,9+,10+;;/m1../s1. The van der Waals surface area contributed by atoms with Gasteiger partial charge in [0.2, 0.25) is 0 Å². The van der Waals surface area contributed by atoms with Crippen molar-refractivity contribution in [2.75, 3.05) is 19.7 Å². The maximum absolute atomic E-state index is 5.92. The number of hydrogen-bond acceptors (Lipinski definition) is 3. The fraction of sp³-hybridized carbons (Fsp3) is 1.00. The molecule has 0 aromatic heterocycles. The Balaban J connectivity index is 0.000000980. The molecule has 0 bridgehead atoms. The van der Waals surface area contributed by atoms with Crippen LogP contribution in [0.1, 0.15) is 20.3 Å². The third kappa shape index (κ3) is 3.46. The number of hydrogen-bond donors (Lipinski definition) is 1. The minimum atomic E-state index is 0. The van der Waals surface area contributed by atoms with E-state index in [1.807, 2.05) is 0 Å². The van der Waals surface area contributed by atoms with Gasteiger partial charge >= 0.3 is 0 Å². The molecular formula is C10H22Cl2N2O. The Labute approximate surface area is 105 Å². The monoisotopic (exact) mass is 256 g/mol. The lowest BCUT2D eigenvalue weighted by Crippen LogP contribution is -2.48. The quantitative estimate of drug-likeness (QED) is 0.769. The van der Waals surface area contributed by atoms with Crippen molar-refractivity contribution in [3.63, 3.8) is 0 Å². The summed E-state index contributed by atoms with van der Waals surface area (Å²) in [5, 5.41) is 0. The average molecular weight is 257 g/mol. The van der Waals surface area contributed by atoms with Gasteiger partial charge in [-0.2, -0.15) is 0 Å². The van der Waals surface area contributed by atoms with Crippen LogP contribution < -0.4 is 5.73 Å². The third-order valence-electron chi connectivity index (χ3n) is 3.22. The molecule has 2 heterocycles. The van der Waals surface area contributed by atoms with E-state index in [0.29, 0.717) is 24.1 Å². The highest BCUT2D eigenvalue weighted by Gasteiger charge is 2.36. The Hall–Kier alpha value is 0.460. The molecule has 2 fully saturated rings. The van der Waals surface area contributed by atoms with Crippen LogP contribution >= 0.6 is 24.8 Å². The molecule has 0 unspecified atom stereocenters. The van der Waals surface area contributed by atoms with Gasteiger partial charge in [-0.3, -0.25) is 4.90 Å². The summed E-state index contributed by atoms with van der Waals surface area (Å²) in [7, 11) is 0. The van der Waals surface area contributed by atoms with Crippen molar-refractivity contribution in [2.24, 2.45) is 11.7 Å². The lowest BCUT2D eigenvalue weighted by molar-refractivity contribution is -0.0683. The number of rotatable bonds is 1. The van der Waals surface area contributed by atoms with Crippen LogP contribution in [0.5, 0.6) is 0 Å². The van der Waals surface area contributed by atoms with E-state index in [-0.39, 0.29) is 24.8 Å². The highest BCUT2D eigenvalue weighted by Crippen LogP contribution is 2.24. The van der Waals surface area contributed by atoms with Gasteiger partial charge in [-0.25, -0.2) is 0 Å². The summed E-state index contributed by atoms with van der Waals surface area (Å²) < 4.78 is 5.80. The predicted molar refractivity (Wildman–Crippen MR) is 67.0 cm³/mol. The zero-order valence-electron chi connectivity index (χ0n) is 9.39. The summed E-state index contributed by atoms with van der Waals surface area (Å²) in [6, 6.07) is 0.976. The third-order valence-corrected chi connectivity index (χ3v) is 3.22. The van der Waals surface area contributed by atoms with E-state index in [1.54, 1.807) is 0 Å². The lowest BCUT2D eigenvalue weighted by Gasteiger charge is -2.36. The highest BCUT2D eigenvalue weighted by atomic mass is 35.5. The molecule has 0 aromatic rings. The van der Waals surface area contributed by atoms with Gasteiger partial charge in [-0.15, -0.1) is 24.8 Å². The van der Waals surface area contributed by atoms with Crippen molar-refractivity contribution < 1.29 is 4.74 Å². The second-order valence-corrected chi connectivity index (χ2v) is 4.72. The molecule has 2 aliphatic rings. The van der Waals surface area contributed by atoms with Gasteiger partial charge in [-0.05, 0) is 12.3 Å². The maximum Gasteiger partial charge on any atom is 0.0725 e. The number of fused-ring (bicyclic) bond motifs is 1. The van der Waals surface area contributed by atoms with Crippen LogP contribution in [-0.2, 0) is 4.74 Å². The zero-order chi connectivity index (χ0) is 9.42. The second kappa shape index (κ2) is 6.26. The number of nitrogens with zero attached hydrogens (tertiary/aromatic N) is 1. The first-order valence-corrected chi connectivity index (χ1v) is 5.28. The molecule has 92 valence electrons. The first-order valence-electron chi connectivity index (χ1n) is 5.28. The molecule has 15 heavy (non-hydrogen) atoms. The Kier molecular flexibility index (Phi) is 6.45. The van der Waals surface area contributed by atoms with Crippen LogP contribution in [-0.4, -0.2) is 42.8 Å². The Bertz CT molecular complexity index is 192. The minimum absolute atomic E-state index is 0. The van der Waals surface area contributed by atoms with Crippen LogP contribution in [0.15, 0.2) is 0 Å². The van der Waals surface area contributed by atoms with Crippen molar-refractivity contribution in [1.82, 2.24) is 4.90 Å². The Morgan fingerprint density at radius 1 is 1.27 bits per heavy atom. The van der Waals surface area contributed by atoms with Gasteiger partial charge in [0, 0.05) is 25.2 Å². The van der Waals surface area contributed by atoms with Crippen LogP contribution in [0.25, 0.3) is 0 Å². The molecule has 0 radical (unpaired) electrons. The van der Waals surface area contributed by atoms with Gasteiger partial charge in [0.25, 0.3) is 0 Å². The topological polar surface area (TPSA) is 38.5 Å². The highest BCUT2D eigenvalue weighted by molar-refractivity contribution is 5.85. The van der Waals surface area contributed by atoms with Crippen LogP contribution in [0.4, 0.5) is 0 Å². The molecule has 0 aliphatic carbocycles. The number of morpholine rings is 1. The number of halogens is 2. The van der Waals surface area contributed by atoms with E-state index < -0.39 is 0 Å². The van der Waals surface area contributed by atoms with Gasteiger partial charge in [0.15, 0.2) is 0 Å². The summed E-state index contributed by atoms with van der Waals surface area (Å²) in [5.74, 6) is 0.623. The van der Waals surface area contributed by atoms with E-state index >= 15 is 0 Å². The van der Waals surface area contributed by atoms with E-state index in [1.165, 1.54) is 0 Å². The van der Waals surface area contributed by atoms with Crippen LogP contribution in [0, 0.1) is 5.92 Å². The van der Waals surface area contributed by atoms with E-state index in [4.69, 9.17) is 10.5 Å². The van der Waals surface area contributed by atoms with Crippen LogP contribution in [0.2, 0.25) is 0 Å². The smallest absolute Gasteiger partial charge is 0.0725 e. The summed E-state index contributed by atoms with van der Waals surface area (Å²) >= 11 is 0. The van der Waals surface area contributed by atoms with Crippen LogP contribution in [0.3, 0.4) is 0 Å². The van der Waals surface area contributed by atoms with Crippen molar-refractivity contribution in [2.45, 2.75) is 38.5 Å². The predicted octanol–water partition coefficient (Wildman–Crippen LogP) is 1.29. The second-order valence-electron chi connectivity index (χ2n) is 4.72. The van der Waals surface area contributed by atoms with Gasteiger partial charge in [0.05, 0.1) is 12.7 Å².